The van der Waals surface area contributed by atoms with Crippen molar-refractivity contribution in [1.29, 1.82) is 0 Å². The van der Waals surface area contributed by atoms with Gasteiger partial charge in [-0.25, -0.2) is 0 Å². The minimum atomic E-state index is -1.55. The van der Waals surface area contributed by atoms with Crippen LogP contribution in [0.2, 0.25) is 0 Å². The number of hydrogen-bond acceptors (Lipinski definition) is 5. The smallest absolute Gasteiger partial charge is 0.303 e. The lowest BCUT2D eigenvalue weighted by Crippen LogP contribution is -2.55. The Bertz CT molecular complexity index is 941. The number of ether oxygens (including phenoxy) is 1. The number of fused-ring (bicyclic) bond motifs is 5. The van der Waals surface area contributed by atoms with E-state index in [0.29, 0.717) is 24.3 Å². The van der Waals surface area contributed by atoms with Crippen LogP contribution in [0.5, 0.6) is 0 Å². The van der Waals surface area contributed by atoms with Crippen LogP contribution in [-0.4, -0.2) is 34.9 Å². The Morgan fingerprint density at radius 3 is 2.76 bits per heavy atom. The van der Waals surface area contributed by atoms with E-state index in [-0.39, 0.29) is 17.6 Å². The van der Waals surface area contributed by atoms with Crippen molar-refractivity contribution in [2.45, 2.75) is 45.6 Å². The standard InChI is InChI=1S/C23H25ClO5/c1-13(25)29-12-20(27)23(28)9-6-17-15-11-19(24)18-10-14(26)4-7-21(18,2)16(15)5-8-22(17,23)3/h4-5,7,10-11,15,17,28H,6,8-9,12H2,1-3H3/t15?,17?,21-,22+,23+/m1/s1. The molecule has 0 heterocycles. The number of carbonyl (C=O) groups excluding carboxylic acids is 3. The van der Waals surface area contributed by atoms with Crippen LogP contribution in [0, 0.1) is 22.7 Å². The molecule has 0 spiro atoms. The van der Waals surface area contributed by atoms with Crippen LogP contribution in [0.1, 0.15) is 40.0 Å². The molecule has 6 heteroatoms. The maximum atomic E-state index is 12.8. The predicted molar refractivity (Wildman–Crippen MR) is 108 cm³/mol. The van der Waals surface area contributed by atoms with Crippen molar-refractivity contribution in [3.05, 3.63) is 46.6 Å². The minimum absolute atomic E-state index is 0.0203. The van der Waals surface area contributed by atoms with Crippen molar-refractivity contribution >= 4 is 29.1 Å². The van der Waals surface area contributed by atoms with Gasteiger partial charge in [-0.15, -0.1) is 0 Å². The van der Waals surface area contributed by atoms with Crippen molar-refractivity contribution in [1.82, 2.24) is 0 Å². The molecule has 5 nitrogen and oxygen atoms in total. The zero-order valence-corrected chi connectivity index (χ0v) is 17.6. The number of carbonyl (C=O) groups is 3. The number of allylic oxidation sites excluding steroid dienone is 8. The van der Waals surface area contributed by atoms with E-state index in [0.717, 1.165) is 11.1 Å². The van der Waals surface area contributed by atoms with Crippen LogP contribution in [0.25, 0.3) is 0 Å². The third kappa shape index (κ3) is 2.74. The first-order valence-electron chi connectivity index (χ1n) is 9.95. The van der Waals surface area contributed by atoms with Crippen LogP contribution in [-0.2, 0) is 19.1 Å². The third-order valence-corrected chi connectivity index (χ3v) is 7.93. The fraction of sp³-hybridized carbons (Fsp3) is 0.522. The molecular formula is C23H25ClO5. The summed E-state index contributed by atoms with van der Waals surface area (Å²) in [5, 5.41) is 12.0. The molecule has 1 saturated carbocycles. The third-order valence-electron chi connectivity index (χ3n) is 7.60. The molecule has 0 aliphatic heterocycles. The van der Waals surface area contributed by atoms with Crippen molar-refractivity contribution in [2.24, 2.45) is 22.7 Å². The molecule has 154 valence electrons. The van der Waals surface area contributed by atoms with Gasteiger partial charge in [0.25, 0.3) is 0 Å². The fourth-order valence-corrected chi connectivity index (χ4v) is 6.24. The quantitative estimate of drug-likeness (QED) is 0.563. The molecule has 1 fully saturated rings. The van der Waals surface area contributed by atoms with Crippen molar-refractivity contribution in [3.63, 3.8) is 0 Å². The van der Waals surface area contributed by atoms with E-state index in [1.165, 1.54) is 6.92 Å². The summed E-state index contributed by atoms with van der Waals surface area (Å²) < 4.78 is 4.88. The molecule has 0 aromatic rings. The van der Waals surface area contributed by atoms with Gasteiger partial charge >= 0.3 is 5.97 Å². The number of ketones is 2. The number of Topliss-reactive ketones (excluding diaryl/α,β-unsaturated/α-hetero) is 1. The Morgan fingerprint density at radius 2 is 2.07 bits per heavy atom. The minimum Gasteiger partial charge on any atom is -0.458 e. The molecule has 0 aromatic heterocycles. The van der Waals surface area contributed by atoms with Gasteiger partial charge in [-0.3, -0.25) is 14.4 Å². The monoisotopic (exact) mass is 416 g/mol. The molecule has 29 heavy (non-hydrogen) atoms. The van der Waals surface area contributed by atoms with Gasteiger partial charge in [-0.05, 0) is 49.8 Å². The average Bonchev–Trinajstić information content (AvgIpc) is 2.94. The van der Waals surface area contributed by atoms with Gasteiger partial charge in [0.05, 0.1) is 0 Å². The summed E-state index contributed by atoms with van der Waals surface area (Å²) in [4.78, 5) is 35.9. The van der Waals surface area contributed by atoms with Crippen molar-refractivity contribution in [2.75, 3.05) is 6.61 Å². The second-order valence-corrected chi connectivity index (χ2v) is 9.43. The highest BCUT2D eigenvalue weighted by molar-refractivity contribution is 6.33. The maximum absolute atomic E-state index is 12.8. The van der Waals surface area contributed by atoms with Gasteiger partial charge in [0.15, 0.2) is 12.4 Å². The van der Waals surface area contributed by atoms with E-state index in [2.05, 4.69) is 13.0 Å². The van der Waals surface area contributed by atoms with Crippen LogP contribution < -0.4 is 0 Å². The maximum Gasteiger partial charge on any atom is 0.303 e. The molecular weight excluding hydrogens is 392 g/mol. The van der Waals surface area contributed by atoms with Crippen LogP contribution in [0.15, 0.2) is 46.6 Å². The van der Waals surface area contributed by atoms with Gasteiger partial charge in [-0.1, -0.05) is 42.3 Å². The van der Waals surface area contributed by atoms with E-state index >= 15 is 0 Å². The van der Waals surface area contributed by atoms with Crippen LogP contribution >= 0.6 is 11.6 Å². The molecule has 0 radical (unpaired) electrons. The molecule has 0 bridgehead atoms. The van der Waals surface area contributed by atoms with Gasteiger partial charge in [0.2, 0.25) is 5.78 Å². The van der Waals surface area contributed by atoms with Gasteiger partial charge < -0.3 is 9.84 Å². The molecule has 2 unspecified atom stereocenters. The fourth-order valence-electron chi connectivity index (χ4n) is 5.85. The lowest BCUT2D eigenvalue weighted by Gasteiger charge is -2.52. The van der Waals surface area contributed by atoms with E-state index < -0.39 is 34.8 Å². The first-order valence-corrected chi connectivity index (χ1v) is 10.3. The van der Waals surface area contributed by atoms with Crippen LogP contribution in [0.3, 0.4) is 0 Å². The molecule has 1 N–H and O–H groups in total. The van der Waals surface area contributed by atoms with E-state index in [9.17, 15) is 19.5 Å². The first-order chi connectivity index (χ1) is 13.5. The van der Waals surface area contributed by atoms with Crippen molar-refractivity contribution < 1.29 is 24.2 Å². The second kappa shape index (κ2) is 6.51. The van der Waals surface area contributed by atoms with Crippen LogP contribution in [0.4, 0.5) is 0 Å². The SMILES string of the molecule is CC(=O)OCC(=O)[C@@]1(O)CCC2C3C=C(Cl)C4=CC(=O)C=C[C@]4(C)C3=CC[C@@]21C. The predicted octanol–water partition coefficient (Wildman–Crippen LogP) is 3.42. The molecule has 0 saturated heterocycles. The summed E-state index contributed by atoms with van der Waals surface area (Å²) in [7, 11) is 0. The number of aliphatic hydroxyl groups is 1. The molecule has 0 aromatic carbocycles. The largest absolute Gasteiger partial charge is 0.458 e. The molecule has 0 amide bonds. The normalized spacial score (nSPS) is 40.2. The lowest BCUT2D eigenvalue weighted by molar-refractivity contribution is -0.162. The summed E-state index contributed by atoms with van der Waals surface area (Å²) in [6.45, 7) is 4.83. The molecule has 5 atom stereocenters. The second-order valence-electron chi connectivity index (χ2n) is 9.03. The Hall–Kier alpha value is -1.98. The first kappa shape index (κ1) is 20.3. The zero-order valence-electron chi connectivity index (χ0n) is 16.8. The number of esters is 1. The van der Waals surface area contributed by atoms with Gasteiger partial charge in [0.1, 0.15) is 5.60 Å². The summed E-state index contributed by atoms with van der Waals surface area (Å²) in [5.74, 6) is -1.07. The van der Waals surface area contributed by atoms with Crippen molar-refractivity contribution in [3.8, 4) is 0 Å². The molecule has 4 aliphatic carbocycles. The average molecular weight is 417 g/mol. The van der Waals surface area contributed by atoms with Gasteiger partial charge in [-0.2, -0.15) is 0 Å². The Labute approximate surface area is 175 Å². The van der Waals surface area contributed by atoms with E-state index in [1.54, 1.807) is 12.2 Å². The van der Waals surface area contributed by atoms with E-state index in [1.807, 2.05) is 19.1 Å². The summed E-state index contributed by atoms with van der Waals surface area (Å²) in [6, 6.07) is 0. The highest BCUT2D eigenvalue weighted by atomic mass is 35.5. The Kier molecular flexibility index (Phi) is 4.56. The lowest BCUT2D eigenvalue weighted by atomic mass is 9.53. The highest BCUT2D eigenvalue weighted by Gasteiger charge is 2.64. The van der Waals surface area contributed by atoms with Gasteiger partial charge in [0, 0.05) is 28.7 Å². The number of halogens is 1. The van der Waals surface area contributed by atoms with E-state index in [4.69, 9.17) is 16.3 Å². The summed E-state index contributed by atoms with van der Waals surface area (Å²) in [5.41, 5.74) is -0.732. The Balaban J connectivity index is 1.74. The topological polar surface area (TPSA) is 80.7 Å². The molecule has 4 rings (SSSR count). The zero-order chi connectivity index (χ0) is 21.2. The Morgan fingerprint density at radius 1 is 1.34 bits per heavy atom. The summed E-state index contributed by atoms with van der Waals surface area (Å²) >= 11 is 6.61. The number of hydrogen-bond donors (Lipinski definition) is 1. The number of rotatable bonds is 3. The highest BCUT2D eigenvalue weighted by Crippen LogP contribution is 2.64. The summed E-state index contributed by atoms with van der Waals surface area (Å²) in [6.07, 6.45) is 10.7. The molecule has 4 aliphatic rings.